The molecular formula is C14H21NO2. The van der Waals surface area contributed by atoms with Crippen molar-refractivity contribution in [2.45, 2.75) is 32.8 Å². The normalized spacial score (nSPS) is 15.1. The fourth-order valence-corrected chi connectivity index (χ4v) is 1.46. The first-order valence-electron chi connectivity index (χ1n) is 6.75. The largest absolute Gasteiger partial charge is 0.469 e. The first kappa shape index (κ1) is 10.8. The molecular weight excluding hydrogens is 214 g/mol. The van der Waals surface area contributed by atoms with Gasteiger partial charge in [-0.05, 0) is 11.5 Å². The van der Waals surface area contributed by atoms with Crippen LogP contribution in [-0.2, 0) is 16.1 Å². The molecule has 0 aliphatic heterocycles. The van der Waals surface area contributed by atoms with E-state index in [1.165, 1.54) is 7.11 Å². The second-order valence-electron chi connectivity index (χ2n) is 4.22. The van der Waals surface area contributed by atoms with E-state index >= 15 is 0 Å². The van der Waals surface area contributed by atoms with Crippen LogP contribution in [0.1, 0.15) is 28.5 Å². The van der Waals surface area contributed by atoms with Gasteiger partial charge in [0.25, 0.3) is 0 Å². The number of ether oxygens (including phenoxy) is 1. The summed E-state index contributed by atoms with van der Waals surface area (Å²) in [5.74, 6) is -0.871. The molecule has 0 aliphatic carbocycles. The summed E-state index contributed by atoms with van der Waals surface area (Å²) in [7, 11) is 1.20. The number of esters is 1. The number of methoxy groups -OCH3 is 1. The summed E-state index contributed by atoms with van der Waals surface area (Å²) >= 11 is 0. The topological polar surface area (TPSA) is 38.3 Å². The number of nitrogens with one attached hydrogen (secondary N) is 1. The van der Waals surface area contributed by atoms with Crippen LogP contribution in [0.5, 0.6) is 0 Å². The zero-order valence-corrected chi connectivity index (χ0v) is 10.6. The molecule has 94 valence electrons. The molecule has 1 aromatic carbocycles. The van der Waals surface area contributed by atoms with Crippen molar-refractivity contribution in [2.24, 2.45) is 5.92 Å². The summed E-state index contributed by atoms with van der Waals surface area (Å²) in [5, 5.41) is 3.12. The lowest BCUT2D eigenvalue weighted by molar-refractivity contribution is -0.141. The van der Waals surface area contributed by atoms with E-state index < -0.39 is 18.4 Å². The molecule has 1 rings (SSSR count). The zero-order valence-electron chi connectivity index (χ0n) is 12.6. The third-order valence-corrected chi connectivity index (χ3v) is 2.49. The van der Waals surface area contributed by atoms with Crippen LogP contribution in [0.2, 0.25) is 0 Å². The lowest BCUT2D eigenvalue weighted by Crippen LogP contribution is -2.35. The van der Waals surface area contributed by atoms with Gasteiger partial charge in [0.2, 0.25) is 0 Å². The predicted molar refractivity (Wildman–Crippen MR) is 68.5 cm³/mol. The molecule has 0 saturated heterocycles. The smallest absolute Gasteiger partial charge is 0.307 e. The zero-order chi connectivity index (χ0) is 14.5. The van der Waals surface area contributed by atoms with E-state index in [0.717, 1.165) is 5.56 Å². The molecule has 1 N–H and O–H groups in total. The molecule has 0 amide bonds. The lowest BCUT2D eigenvalue weighted by atomic mass is 10.0. The number of carbonyl (C=O) groups excluding carboxylic acids is 1. The van der Waals surface area contributed by atoms with Gasteiger partial charge in [-0.25, -0.2) is 0 Å². The van der Waals surface area contributed by atoms with Gasteiger partial charge in [0, 0.05) is 15.3 Å². The Morgan fingerprint density at radius 3 is 2.59 bits per heavy atom. The minimum Gasteiger partial charge on any atom is -0.469 e. The fourth-order valence-electron chi connectivity index (χ4n) is 1.46. The van der Waals surface area contributed by atoms with Crippen LogP contribution in [0.3, 0.4) is 0 Å². The van der Waals surface area contributed by atoms with Crippen molar-refractivity contribution in [3.8, 4) is 0 Å². The van der Waals surface area contributed by atoms with Gasteiger partial charge in [0.1, 0.15) is 0 Å². The van der Waals surface area contributed by atoms with E-state index in [1.54, 1.807) is 0 Å². The monoisotopic (exact) mass is 237 g/mol. The maximum absolute atomic E-state index is 11.6. The Morgan fingerprint density at radius 2 is 2.06 bits per heavy atom. The van der Waals surface area contributed by atoms with E-state index in [1.807, 2.05) is 44.2 Å². The van der Waals surface area contributed by atoms with Crippen LogP contribution in [0.4, 0.5) is 0 Å². The van der Waals surface area contributed by atoms with Crippen LogP contribution in [0.15, 0.2) is 30.3 Å². The minimum atomic E-state index is -2.04. The van der Waals surface area contributed by atoms with Gasteiger partial charge in [0.15, 0.2) is 0 Å². The van der Waals surface area contributed by atoms with E-state index in [0.29, 0.717) is 6.54 Å². The SMILES string of the molecule is [2H]C([2H])(C(=O)OC)C(NCc1ccccc1)C(C)C. The third kappa shape index (κ3) is 5.00. The van der Waals surface area contributed by atoms with Crippen molar-refractivity contribution in [2.75, 3.05) is 7.11 Å². The number of carbonyl (C=O) groups is 1. The Balaban J connectivity index is 2.76. The molecule has 3 heteroatoms. The molecule has 3 nitrogen and oxygen atoms in total. The Bertz CT molecular complexity index is 407. The van der Waals surface area contributed by atoms with Crippen LogP contribution in [0, 0.1) is 5.92 Å². The highest BCUT2D eigenvalue weighted by molar-refractivity contribution is 5.69. The highest BCUT2D eigenvalue weighted by atomic mass is 16.5. The van der Waals surface area contributed by atoms with Crippen molar-refractivity contribution >= 4 is 5.97 Å². The number of benzene rings is 1. The molecule has 1 aromatic rings. The molecule has 1 unspecified atom stereocenters. The Kier molecular flexibility index (Phi) is 4.48. The van der Waals surface area contributed by atoms with E-state index in [2.05, 4.69) is 10.1 Å². The lowest BCUT2D eigenvalue weighted by Gasteiger charge is -2.21. The van der Waals surface area contributed by atoms with Gasteiger partial charge in [0.05, 0.1) is 13.5 Å². The predicted octanol–water partition coefficient (Wildman–Crippen LogP) is 2.36. The van der Waals surface area contributed by atoms with Crippen molar-refractivity contribution < 1.29 is 12.3 Å². The molecule has 0 bridgehead atoms. The maximum Gasteiger partial charge on any atom is 0.307 e. The van der Waals surface area contributed by atoms with Crippen molar-refractivity contribution in [1.82, 2.24) is 5.32 Å². The number of hydrogen-bond donors (Lipinski definition) is 1. The first-order chi connectivity index (χ1) is 8.89. The van der Waals surface area contributed by atoms with Gasteiger partial charge in [-0.15, -0.1) is 0 Å². The number of hydrogen-bond acceptors (Lipinski definition) is 3. The molecule has 0 radical (unpaired) electrons. The van der Waals surface area contributed by atoms with Crippen LogP contribution < -0.4 is 5.32 Å². The van der Waals surface area contributed by atoms with Gasteiger partial charge in [-0.1, -0.05) is 44.2 Å². The molecule has 0 heterocycles. The first-order valence-corrected chi connectivity index (χ1v) is 5.75. The van der Waals surface area contributed by atoms with E-state index in [-0.39, 0.29) is 5.92 Å². The Hall–Kier alpha value is -1.35. The van der Waals surface area contributed by atoms with Gasteiger partial charge in [-0.2, -0.15) is 0 Å². The molecule has 0 fully saturated rings. The summed E-state index contributed by atoms with van der Waals surface area (Å²) < 4.78 is 20.4. The van der Waals surface area contributed by atoms with Crippen molar-refractivity contribution in [1.29, 1.82) is 0 Å². The van der Waals surface area contributed by atoms with Crippen LogP contribution in [-0.4, -0.2) is 19.1 Å². The van der Waals surface area contributed by atoms with Gasteiger partial charge in [-0.3, -0.25) is 4.79 Å². The molecule has 0 saturated carbocycles. The second-order valence-corrected chi connectivity index (χ2v) is 4.22. The Morgan fingerprint density at radius 1 is 1.41 bits per heavy atom. The molecule has 0 aromatic heterocycles. The molecule has 0 spiro atoms. The quantitative estimate of drug-likeness (QED) is 0.772. The maximum atomic E-state index is 11.6. The van der Waals surface area contributed by atoms with Crippen molar-refractivity contribution in [3.63, 3.8) is 0 Å². The van der Waals surface area contributed by atoms with E-state index in [4.69, 9.17) is 2.74 Å². The Labute approximate surface area is 106 Å². The highest BCUT2D eigenvalue weighted by Crippen LogP contribution is 2.08. The minimum absolute atomic E-state index is 0.0298. The van der Waals surface area contributed by atoms with E-state index in [9.17, 15) is 4.79 Å². The summed E-state index contributed by atoms with van der Waals surface area (Å²) in [5.41, 5.74) is 1.05. The van der Waals surface area contributed by atoms with Crippen LogP contribution >= 0.6 is 0 Å². The standard InChI is InChI=1S/C14H21NO2/c1-11(2)13(9-14(16)17-3)15-10-12-7-5-4-6-8-12/h4-8,11,13,15H,9-10H2,1-3H3/i9D2. The average molecular weight is 237 g/mol. The molecule has 1 atom stereocenters. The van der Waals surface area contributed by atoms with Crippen LogP contribution in [0.25, 0.3) is 0 Å². The summed E-state index contributed by atoms with van der Waals surface area (Å²) in [4.78, 5) is 11.6. The highest BCUT2D eigenvalue weighted by Gasteiger charge is 2.17. The second kappa shape index (κ2) is 7.07. The third-order valence-electron chi connectivity index (χ3n) is 2.49. The number of rotatable bonds is 6. The van der Waals surface area contributed by atoms with Gasteiger partial charge >= 0.3 is 5.97 Å². The average Bonchev–Trinajstić information content (AvgIpc) is 2.38. The fraction of sp³-hybridized carbons (Fsp3) is 0.500. The summed E-state index contributed by atoms with van der Waals surface area (Å²) in [6.45, 7) is 4.27. The van der Waals surface area contributed by atoms with Gasteiger partial charge < -0.3 is 10.1 Å². The summed E-state index contributed by atoms with van der Waals surface area (Å²) in [6.07, 6.45) is -2.04. The molecule has 17 heavy (non-hydrogen) atoms. The van der Waals surface area contributed by atoms with Crippen molar-refractivity contribution in [3.05, 3.63) is 35.9 Å². The summed E-state index contributed by atoms with van der Waals surface area (Å²) in [6, 6.07) is 9.10. The molecule has 0 aliphatic rings.